The molecule has 0 unspecified atom stereocenters. The Morgan fingerprint density at radius 1 is 1.23 bits per heavy atom. The van der Waals surface area contributed by atoms with Crippen molar-refractivity contribution < 1.29 is 13.2 Å². The second-order valence-electron chi connectivity index (χ2n) is 5.38. The first-order chi connectivity index (χ1) is 12.2. The molecule has 0 saturated carbocycles. The van der Waals surface area contributed by atoms with E-state index in [2.05, 4.69) is 5.10 Å². The zero-order chi connectivity index (χ0) is 19.1. The van der Waals surface area contributed by atoms with Gasteiger partial charge in [0.1, 0.15) is 17.6 Å². The zero-order valence-electron chi connectivity index (χ0n) is 13.0. The van der Waals surface area contributed by atoms with Crippen LogP contribution in [0.4, 0.5) is 19.0 Å². The number of nitrogens with two attached hydrogens (primary N) is 1. The van der Waals surface area contributed by atoms with Crippen LogP contribution in [0.25, 0.3) is 5.69 Å². The van der Waals surface area contributed by atoms with Gasteiger partial charge in [-0.05, 0) is 30.1 Å². The van der Waals surface area contributed by atoms with Crippen LogP contribution in [0.5, 0.6) is 0 Å². The Balaban J connectivity index is 2.14. The molecule has 2 heterocycles. The highest BCUT2D eigenvalue weighted by atomic mass is 35.5. The van der Waals surface area contributed by atoms with E-state index in [1.54, 1.807) is 23.5 Å². The van der Waals surface area contributed by atoms with Gasteiger partial charge in [-0.2, -0.15) is 23.5 Å². The van der Waals surface area contributed by atoms with E-state index in [9.17, 15) is 18.4 Å². The summed E-state index contributed by atoms with van der Waals surface area (Å²) in [6.45, 7) is 0. The van der Waals surface area contributed by atoms with E-state index < -0.39 is 11.7 Å². The van der Waals surface area contributed by atoms with Crippen molar-refractivity contribution >= 4 is 52.5 Å². The predicted molar refractivity (Wildman–Crippen MR) is 100.0 cm³/mol. The number of halogens is 5. The molecule has 1 aromatic carbocycles. The number of alkyl halides is 3. The third-order valence-electron chi connectivity index (χ3n) is 3.68. The Kier molecular flexibility index (Phi) is 5.58. The quantitative estimate of drug-likeness (QED) is 0.668. The summed E-state index contributed by atoms with van der Waals surface area (Å²) in [5.74, 6) is 2.00. The smallest absolute Gasteiger partial charge is 0.383 e. The first-order valence-corrected chi connectivity index (χ1v) is 10.2. The number of nitrogens with zero attached hydrogens (tertiary/aromatic N) is 3. The van der Waals surface area contributed by atoms with Crippen LogP contribution in [0, 0.1) is 11.3 Å². The lowest BCUT2D eigenvalue weighted by Gasteiger charge is -2.20. The SMILES string of the molecule is N#Cc1nn(-c2c(Cl)cc(C(F)(F)F)cc2Cl)c(N)c1C1SCCCS1. The van der Waals surface area contributed by atoms with Gasteiger partial charge in [0.2, 0.25) is 0 Å². The van der Waals surface area contributed by atoms with Crippen molar-refractivity contribution in [2.45, 2.75) is 17.2 Å². The largest absolute Gasteiger partial charge is 0.416 e. The molecule has 4 nitrogen and oxygen atoms in total. The van der Waals surface area contributed by atoms with E-state index in [4.69, 9.17) is 28.9 Å². The number of nitriles is 1. The number of hydrogen-bond acceptors (Lipinski definition) is 5. The first kappa shape index (κ1) is 19.5. The molecule has 0 aliphatic carbocycles. The fourth-order valence-corrected chi connectivity index (χ4v) is 6.15. The number of hydrogen-bond donors (Lipinski definition) is 1. The summed E-state index contributed by atoms with van der Waals surface area (Å²) in [6, 6.07) is 3.52. The summed E-state index contributed by atoms with van der Waals surface area (Å²) in [7, 11) is 0. The third-order valence-corrected chi connectivity index (χ3v) is 7.20. The molecule has 0 spiro atoms. The molecule has 11 heteroatoms. The summed E-state index contributed by atoms with van der Waals surface area (Å²) >= 11 is 15.4. The maximum Gasteiger partial charge on any atom is 0.416 e. The van der Waals surface area contributed by atoms with Gasteiger partial charge in [-0.25, -0.2) is 4.68 Å². The summed E-state index contributed by atoms with van der Waals surface area (Å²) in [5.41, 5.74) is 5.90. The molecule has 1 fully saturated rings. The van der Waals surface area contributed by atoms with Crippen LogP contribution in [0.1, 0.15) is 27.8 Å². The van der Waals surface area contributed by atoms with Crippen molar-refractivity contribution in [3.8, 4) is 11.8 Å². The van der Waals surface area contributed by atoms with Gasteiger partial charge in [0, 0.05) is 0 Å². The summed E-state index contributed by atoms with van der Waals surface area (Å²) < 4.78 is 39.8. The molecule has 0 amide bonds. The Labute approximate surface area is 165 Å². The molecule has 1 saturated heterocycles. The second kappa shape index (κ2) is 7.43. The Bertz CT molecular complexity index is 863. The van der Waals surface area contributed by atoms with Crippen molar-refractivity contribution in [1.29, 1.82) is 5.26 Å². The average Bonchev–Trinajstić information content (AvgIpc) is 2.91. The van der Waals surface area contributed by atoms with Crippen molar-refractivity contribution in [2.24, 2.45) is 0 Å². The normalized spacial score (nSPS) is 15.8. The maximum atomic E-state index is 12.9. The van der Waals surface area contributed by atoms with Gasteiger partial charge < -0.3 is 5.73 Å². The molecule has 1 aliphatic heterocycles. The molecule has 1 aliphatic rings. The van der Waals surface area contributed by atoms with E-state index in [0.717, 1.165) is 34.7 Å². The van der Waals surface area contributed by atoms with Crippen LogP contribution in [0.3, 0.4) is 0 Å². The Morgan fingerprint density at radius 3 is 2.31 bits per heavy atom. The molecule has 0 radical (unpaired) electrons. The number of nitrogen functional groups attached to an aromatic ring is 1. The first-order valence-electron chi connectivity index (χ1n) is 7.32. The molecular formula is C15H11Cl2F3N4S2. The summed E-state index contributed by atoms with van der Waals surface area (Å²) in [6.07, 6.45) is -3.53. The van der Waals surface area contributed by atoms with Gasteiger partial charge in [0.25, 0.3) is 0 Å². The molecule has 138 valence electrons. The van der Waals surface area contributed by atoms with Crippen molar-refractivity contribution in [3.63, 3.8) is 0 Å². The lowest BCUT2D eigenvalue weighted by Crippen LogP contribution is -2.09. The van der Waals surface area contributed by atoms with E-state index in [-0.39, 0.29) is 31.8 Å². The molecule has 0 bridgehead atoms. The molecule has 2 N–H and O–H groups in total. The fourth-order valence-electron chi connectivity index (χ4n) is 2.51. The zero-order valence-corrected chi connectivity index (χ0v) is 16.1. The number of rotatable bonds is 2. The highest BCUT2D eigenvalue weighted by Crippen LogP contribution is 2.48. The third kappa shape index (κ3) is 3.60. The van der Waals surface area contributed by atoms with Gasteiger partial charge in [0.15, 0.2) is 5.69 Å². The summed E-state index contributed by atoms with van der Waals surface area (Å²) in [5, 5.41) is 13.0. The van der Waals surface area contributed by atoms with E-state index >= 15 is 0 Å². The predicted octanol–water partition coefficient (Wildman–Crippen LogP) is 5.52. The van der Waals surface area contributed by atoms with Crippen LogP contribution in [0.15, 0.2) is 12.1 Å². The van der Waals surface area contributed by atoms with Gasteiger partial charge in [-0.15, -0.1) is 23.5 Å². The number of benzene rings is 1. The molecule has 0 atom stereocenters. The highest BCUT2D eigenvalue weighted by molar-refractivity contribution is 8.16. The minimum Gasteiger partial charge on any atom is -0.383 e. The number of anilines is 1. The van der Waals surface area contributed by atoms with Crippen molar-refractivity contribution in [3.05, 3.63) is 39.0 Å². The number of thioether (sulfide) groups is 2. The summed E-state index contributed by atoms with van der Waals surface area (Å²) in [4.78, 5) is 0. The topological polar surface area (TPSA) is 67.6 Å². The number of aromatic nitrogens is 2. The average molecular weight is 439 g/mol. The van der Waals surface area contributed by atoms with Gasteiger partial charge >= 0.3 is 6.18 Å². The Morgan fingerprint density at radius 2 is 1.81 bits per heavy atom. The van der Waals surface area contributed by atoms with E-state index in [1.807, 2.05) is 6.07 Å². The van der Waals surface area contributed by atoms with Crippen LogP contribution in [0.2, 0.25) is 10.0 Å². The van der Waals surface area contributed by atoms with E-state index in [1.165, 1.54) is 0 Å². The minimum absolute atomic E-state index is 0.0207. The van der Waals surface area contributed by atoms with Crippen LogP contribution >= 0.6 is 46.7 Å². The molecule has 2 aromatic rings. The minimum atomic E-state index is -4.58. The van der Waals surface area contributed by atoms with Gasteiger partial charge in [-0.1, -0.05) is 23.2 Å². The lowest BCUT2D eigenvalue weighted by molar-refractivity contribution is -0.137. The van der Waals surface area contributed by atoms with Gasteiger partial charge in [0.05, 0.1) is 25.8 Å². The van der Waals surface area contributed by atoms with Crippen LogP contribution in [-0.4, -0.2) is 21.3 Å². The monoisotopic (exact) mass is 438 g/mol. The fraction of sp³-hybridized carbons (Fsp3) is 0.333. The standard InChI is InChI=1S/C15H11Cl2F3N4S2/c16-8-4-7(15(18,19)20)5-9(17)12(8)24-13(22)11(10(6-21)23-24)14-25-2-1-3-26-14/h4-5,14H,1-3,22H2. The molecular weight excluding hydrogens is 428 g/mol. The maximum absolute atomic E-state index is 12.9. The molecule has 1 aromatic heterocycles. The van der Waals surface area contributed by atoms with Crippen LogP contribution in [-0.2, 0) is 6.18 Å². The highest BCUT2D eigenvalue weighted by Gasteiger charge is 2.33. The van der Waals surface area contributed by atoms with Crippen LogP contribution < -0.4 is 5.73 Å². The van der Waals surface area contributed by atoms with Crippen molar-refractivity contribution in [1.82, 2.24) is 9.78 Å². The van der Waals surface area contributed by atoms with E-state index in [0.29, 0.717) is 5.56 Å². The molecule has 3 rings (SSSR count). The van der Waals surface area contributed by atoms with Gasteiger partial charge in [-0.3, -0.25) is 0 Å². The second-order valence-corrected chi connectivity index (χ2v) is 8.92. The lowest BCUT2D eigenvalue weighted by atomic mass is 10.2. The Hall–Kier alpha value is -1.21. The molecule has 26 heavy (non-hydrogen) atoms. The van der Waals surface area contributed by atoms with Crippen molar-refractivity contribution in [2.75, 3.05) is 17.2 Å².